The number of methoxy groups -OCH3 is 1. The SMILES string of the molecule is COc1ccc(C(=O)c2ccccc2N2CCCC2)cc1. The van der Waals surface area contributed by atoms with Gasteiger partial charge in [-0.25, -0.2) is 0 Å². The van der Waals surface area contributed by atoms with Crippen LogP contribution in [-0.4, -0.2) is 26.0 Å². The Morgan fingerprint density at radius 3 is 2.33 bits per heavy atom. The molecule has 3 rings (SSSR count). The Morgan fingerprint density at radius 1 is 1.00 bits per heavy atom. The number of anilines is 1. The van der Waals surface area contributed by atoms with Gasteiger partial charge in [0.25, 0.3) is 0 Å². The van der Waals surface area contributed by atoms with Gasteiger partial charge in [0.15, 0.2) is 5.78 Å². The summed E-state index contributed by atoms with van der Waals surface area (Å²) < 4.78 is 5.14. The molecule has 0 atom stereocenters. The number of hydrogen-bond acceptors (Lipinski definition) is 3. The van der Waals surface area contributed by atoms with Crippen LogP contribution in [0.3, 0.4) is 0 Å². The maximum atomic E-state index is 12.8. The van der Waals surface area contributed by atoms with Crippen molar-refractivity contribution in [3.05, 3.63) is 59.7 Å². The second-order valence-corrected chi connectivity index (χ2v) is 5.27. The summed E-state index contributed by atoms with van der Waals surface area (Å²) in [5.74, 6) is 0.833. The zero-order valence-corrected chi connectivity index (χ0v) is 12.2. The highest BCUT2D eigenvalue weighted by atomic mass is 16.5. The average molecular weight is 281 g/mol. The van der Waals surface area contributed by atoms with Gasteiger partial charge in [0.05, 0.1) is 7.11 Å². The largest absolute Gasteiger partial charge is 0.497 e. The summed E-state index contributed by atoms with van der Waals surface area (Å²) >= 11 is 0. The predicted octanol–water partition coefficient (Wildman–Crippen LogP) is 3.53. The number of nitrogens with zero attached hydrogens (tertiary/aromatic N) is 1. The quantitative estimate of drug-likeness (QED) is 0.803. The first kappa shape index (κ1) is 13.7. The Hall–Kier alpha value is -2.29. The fourth-order valence-electron chi connectivity index (χ4n) is 2.80. The molecule has 1 aliphatic rings. The van der Waals surface area contributed by atoms with Crippen molar-refractivity contribution in [3.8, 4) is 5.75 Å². The van der Waals surface area contributed by atoms with Crippen LogP contribution in [0.5, 0.6) is 5.75 Å². The Kier molecular flexibility index (Phi) is 3.91. The van der Waals surface area contributed by atoms with Gasteiger partial charge in [0.2, 0.25) is 0 Å². The number of carbonyl (C=O) groups excluding carboxylic acids is 1. The van der Waals surface area contributed by atoms with Crippen LogP contribution in [0.2, 0.25) is 0 Å². The van der Waals surface area contributed by atoms with Crippen LogP contribution in [0.25, 0.3) is 0 Å². The van der Waals surface area contributed by atoms with Gasteiger partial charge >= 0.3 is 0 Å². The van der Waals surface area contributed by atoms with Gasteiger partial charge in [0.1, 0.15) is 5.75 Å². The van der Waals surface area contributed by atoms with Gasteiger partial charge in [-0.1, -0.05) is 12.1 Å². The van der Waals surface area contributed by atoms with E-state index in [1.165, 1.54) is 12.8 Å². The van der Waals surface area contributed by atoms with E-state index >= 15 is 0 Å². The molecule has 2 aromatic rings. The van der Waals surface area contributed by atoms with E-state index in [1.807, 2.05) is 48.5 Å². The maximum Gasteiger partial charge on any atom is 0.195 e. The van der Waals surface area contributed by atoms with Crippen molar-refractivity contribution >= 4 is 11.5 Å². The summed E-state index contributed by atoms with van der Waals surface area (Å²) in [5, 5.41) is 0. The van der Waals surface area contributed by atoms with Gasteiger partial charge in [-0.15, -0.1) is 0 Å². The second kappa shape index (κ2) is 6.00. The van der Waals surface area contributed by atoms with Gasteiger partial charge in [-0.3, -0.25) is 4.79 Å². The lowest BCUT2D eigenvalue weighted by atomic mass is 10.0. The minimum atomic E-state index is 0.0696. The second-order valence-electron chi connectivity index (χ2n) is 5.27. The first-order chi connectivity index (χ1) is 10.3. The van der Waals surface area contributed by atoms with E-state index in [2.05, 4.69) is 4.90 Å². The van der Waals surface area contributed by atoms with Crippen molar-refractivity contribution in [1.29, 1.82) is 0 Å². The van der Waals surface area contributed by atoms with Crippen LogP contribution >= 0.6 is 0 Å². The lowest BCUT2D eigenvalue weighted by Gasteiger charge is -2.20. The summed E-state index contributed by atoms with van der Waals surface area (Å²) in [4.78, 5) is 15.1. The molecule has 1 aliphatic heterocycles. The van der Waals surface area contributed by atoms with Crippen LogP contribution in [0.15, 0.2) is 48.5 Å². The Labute approximate surface area is 125 Å². The average Bonchev–Trinajstić information content (AvgIpc) is 3.08. The lowest BCUT2D eigenvalue weighted by molar-refractivity contribution is 0.103. The number of para-hydroxylation sites is 1. The number of hydrogen-bond donors (Lipinski definition) is 0. The fraction of sp³-hybridized carbons (Fsp3) is 0.278. The molecular weight excluding hydrogens is 262 g/mol. The number of benzene rings is 2. The number of carbonyl (C=O) groups is 1. The molecule has 0 amide bonds. The van der Waals surface area contributed by atoms with Gasteiger partial charge < -0.3 is 9.64 Å². The molecule has 1 heterocycles. The molecule has 0 N–H and O–H groups in total. The van der Waals surface area contributed by atoms with E-state index < -0.39 is 0 Å². The molecule has 21 heavy (non-hydrogen) atoms. The molecule has 1 saturated heterocycles. The zero-order chi connectivity index (χ0) is 14.7. The molecule has 108 valence electrons. The fourth-order valence-corrected chi connectivity index (χ4v) is 2.80. The molecule has 3 nitrogen and oxygen atoms in total. The van der Waals surface area contributed by atoms with Crippen LogP contribution in [0, 0.1) is 0 Å². The van der Waals surface area contributed by atoms with Crippen molar-refractivity contribution in [1.82, 2.24) is 0 Å². The number of ether oxygens (including phenoxy) is 1. The molecule has 0 radical (unpaired) electrons. The van der Waals surface area contributed by atoms with Gasteiger partial charge in [-0.05, 0) is 49.2 Å². The van der Waals surface area contributed by atoms with Crippen LogP contribution < -0.4 is 9.64 Å². The predicted molar refractivity (Wildman–Crippen MR) is 84.3 cm³/mol. The lowest BCUT2D eigenvalue weighted by Crippen LogP contribution is -2.20. The maximum absolute atomic E-state index is 12.8. The van der Waals surface area contributed by atoms with Crippen molar-refractivity contribution in [3.63, 3.8) is 0 Å². The van der Waals surface area contributed by atoms with E-state index in [0.717, 1.165) is 30.1 Å². The molecular formula is C18H19NO2. The van der Waals surface area contributed by atoms with Crippen LogP contribution in [0.1, 0.15) is 28.8 Å². The van der Waals surface area contributed by atoms with E-state index in [-0.39, 0.29) is 5.78 Å². The highest BCUT2D eigenvalue weighted by molar-refractivity contribution is 6.12. The third-order valence-electron chi connectivity index (χ3n) is 3.95. The van der Waals surface area contributed by atoms with Crippen LogP contribution in [0.4, 0.5) is 5.69 Å². The van der Waals surface area contributed by atoms with E-state index in [4.69, 9.17) is 4.74 Å². The number of rotatable bonds is 4. The molecule has 0 saturated carbocycles. The molecule has 0 aromatic heterocycles. The Bertz CT molecular complexity index is 628. The van der Waals surface area contributed by atoms with Crippen molar-refractivity contribution in [2.75, 3.05) is 25.1 Å². The zero-order valence-electron chi connectivity index (χ0n) is 12.2. The minimum absolute atomic E-state index is 0.0696. The highest BCUT2D eigenvalue weighted by Gasteiger charge is 2.19. The molecule has 0 bridgehead atoms. The van der Waals surface area contributed by atoms with Crippen molar-refractivity contribution in [2.24, 2.45) is 0 Å². The summed E-state index contributed by atoms with van der Waals surface area (Å²) in [6, 6.07) is 15.2. The third kappa shape index (κ3) is 2.77. The normalized spacial score (nSPS) is 14.2. The molecule has 0 spiro atoms. The van der Waals surface area contributed by atoms with E-state index in [1.54, 1.807) is 7.11 Å². The Morgan fingerprint density at radius 2 is 1.67 bits per heavy atom. The van der Waals surface area contributed by atoms with Gasteiger partial charge in [0, 0.05) is 29.9 Å². The summed E-state index contributed by atoms with van der Waals surface area (Å²) in [7, 11) is 1.62. The van der Waals surface area contributed by atoms with E-state index in [9.17, 15) is 4.79 Å². The first-order valence-electron chi connectivity index (χ1n) is 7.32. The molecule has 2 aromatic carbocycles. The summed E-state index contributed by atoms with van der Waals surface area (Å²) in [5.41, 5.74) is 2.53. The van der Waals surface area contributed by atoms with Crippen molar-refractivity contribution < 1.29 is 9.53 Å². The standard InChI is InChI=1S/C18H19NO2/c1-21-15-10-8-14(9-11-15)18(20)16-6-2-3-7-17(16)19-12-4-5-13-19/h2-3,6-11H,4-5,12-13H2,1H3. The van der Waals surface area contributed by atoms with Gasteiger partial charge in [-0.2, -0.15) is 0 Å². The Balaban J connectivity index is 1.93. The molecule has 0 unspecified atom stereocenters. The monoisotopic (exact) mass is 281 g/mol. The number of ketones is 1. The first-order valence-corrected chi connectivity index (χ1v) is 7.32. The van der Waals surface area contributed by atoms with E-state index in [0.29, 0.717) is 5.56 Å². The highest BCUT2D eigenvalue weighted by Crippen LogP contribution is 2.27. The summed E-state index contributed by atoms with van der Waals surface area (Å²) in [6.07, 6.45) is 2.40. The van der Waals surface area contributed by atoms with Crippen molar-refractivity contribution in [2.45, 2.75) is 12.8 Å². The molecule has 1 fully saturated rings. The molecule has 3 heteroatoms. The van der Waals surface area contributed by atoms with Crippen LogP contribution in [-0.2, 0) is 0 Å². The molecule has 0 aliphatic carbocycles. The minimum Gasteiger partial charge on any atom is -0.497 e. The smallest absolute Gasteiger partial charge is 0.195 e. The topological polar surface area (TPSA) is 29.5 Å². The third-order valence-corrected chi connectivity index (χ3v) is 3.95. The summed E-state index contributed by atoms with van der Waals surface area (Å²) in [6.45, 7) is 2.07.